The van der Waals surface area contributed by atoms with E-state index in [0.29, 0.717) is 11.1 Å². The van der Waals surface area contributed by atoms with Crippen molar-refractivity contribution in [2.24, 2.45) is 5.92 Å². The maximum absolute atomic E-state index is 6.20. The SMILES string of the molecule is CCNCC(=Cc1c(Cl)nc2sccn12)C(C)C. The first-order valence-corrected chi connectivity index (χ1v) is 7.41. The molecule has 0 aliphatic carbocycles. The third-order valence-corrected chi connectivity index (χ3v) is 3.93. The first-order valence-electron chi connectivity index (χ1n) is 6.15. The fourth-order valence-corrected chi connectivity index (χ4v) is 2.77. The van der Waals surface area contributed by atoms with Crippen molar-refractivity contribution >= 4 is 34.0 Å². The van der Waals surface area contributed by atoms with Crippen molar-refractivity contribution in [3.05, 3.63) is 28.0 Å². The van der Waals surface area contributed by atoms with Gasteiger partial charge in [0.15, 0.2) is 10.1 Å². The largest absolute Gasteiger partial charge is 0.313 e. The molecule has 2 aromatic heterocycles. The van der Waals surface area contributed by atoms with Crippen molar-refractivity contribution in [3.63, 3.8) is 0 Å². The van der Waals surface area contributed by atoms with E-state index in [1.54, 1.807) is 11.3 Å². The van der Waals surface area contributed by atoms with Crippen molar-refractivity contribution < 1.29 is 0 Å². The molecule has 98 valence electrons. The van der Waals surface area contributed by atoms with Gasteiger partial charge < -0.3 is 5.32 Å². The van der Waals surface area contributed by atoms with Gasteiger partial charge in [-0.25, -0.2) is 4.98 Å². The number of fused-ring (bicyclic) bond motifs is 1. The Morgan fingerprint density at radius 1 is 1.61 bits per heavy atom. The lowest BCUT2D eigenvalue weighted by Gasteiger charge is -2.11. The highest BCUT2D eigenvalue weighted by Crippen LogP contribution is 2.24. The van der Waals surface area contributed by atoms with Crippen LogP contribution in [-0.2, 0) is 0 Å². The average molecular weight is 284 g/mol. The quantitative estimate of drug-likeness (QED) is 0.907. The second-order valence-corrected chi connectivity index (χ2v) is 5.73. The highest BCUT2D eigenvalue weighted by Gasteiger charge is 2.11. The number of nitrogens with zero attached hydrogens (tertiary/aromatic N) is 2. The predicted octanol–water partition coefficient (Wildman–Crippen LogP) is 3.70. The molecule has 18 heavy (non-hydrogen) atoms. The summed E-state index contributed by atoms with van der Waals surface area (Å²) in [7, 11) is 0. The summed E-state index contributed by atoms with van der Waals surface area (Å²) in [5.41, 5.74) is 2.32. The molecule has 0 aliphatic heterocycles. The Hall–Kier alpha value is -0.840. The molecule has 3 nitrogen and oxygen atoms in total. The maximum Gasteiger partial charge on any atom is 0.195 e. The molecular weight excluding hydrogens is 266 g/mol. The molecule has 2 heterocycles. The molecule has 0 amide bonds. The number of imidazole rings is 1. The zero-order valence-electron chi connectivity index (χ0n) is 10.9. The Kier molecular flexibility index (Phi) is 4.43. The van der Waals surface area contributed by atoms with Crippen LogP contribution < -0.4 is 5.32 Å². The molecule has 0 radical (unpaired) electrons. The van der Waals surface area contributed by atoms with E-state index >= 15 is 0 Å². The van der Waals surface area contributed by atoms with Gasteiger partial charge in [0.2, 0.25) is 0 Å². The molecule has 0 aliphatic rings. The van der Waals surface area contributed by atoms with E-state index in [-0.39, 0.29) is 0 Å². The highest BCUT2D eigenvalue weighted by molar-refractivity contribution is 7.15. The van der Waals surface area contributed by atoms with Crippen LogP contribution in [0.1, 0.15) is 26.5 Å². The summed E-state index contributed by atoms with van der Waals surface area (Å²) in [6.45, 7) is 8.37. The zero-order valence-corrected chi connectivity index (χ0v) is 12.5. The number of thiazole rings is 1. The molecule has 0 aromatic carbocycles. The number of nitrogens with one attached hydrogen (secondary N) is 1. The molecule has 0 fully saturated rings. The van der Waals surface area contributed by atoms with Crippen LogP contribution in [-0.4, -0.2) is 22.5 Å². The third-order valence-electron chi connectivity index (χ3n) is 2.90. The molecule has 2 rings (SSSR count). The number of aromatic nitrogens is 2. The molecule has 0 saturated carbocycles. The minimum Gasteiger partial charge on any atom is -0.313 e. The van der Waals surface area contributed by atoms with Crippen LogP contribution in [0, 0.1) is 5.92 Å². The summed E-state index contributed by atoms with van der Waals surface area (Å²) < 4.78 is 2.04. The van der Waals surface area contributed by atoms with E-state index in [9.17, 15) is 0 Å². The summed E-state index contributed by atoms with van der Waals surface area (Å²) in [6, 6.07) is 0. The molecular formula is C13H18ClN3S. The van der Waals surface area contributed by atoms with Gasteiger partial charge in [-0.15, -0.1) is 11.3 Å². The van der Waals surface area contributed by atoms with Crippen LogP contribution in [0.2, 0.25) is 5.15 Å². The second kappa shape index (κ2) is 5.87. The van der Waals surface area contributed by atoms with E-state index in [1.807, 2.05) is 16.0 Å². The Bertz CT molecular complexity index is 554. The van der Waals surface area contributed by atoms with E-state index in [1.165, 1.54) is 5.57 Å². The molecule has 0 unspecified atom stereocenters. The normalized spacial score (nSPS) is 12.8. The minimum atomic E-state index is 0.490. The Labute approximate surface area is 116 Å². The molecule has 0 saturated heterocycles. The Morgan fingerprint density at radius 2 is 2.39 bits per heavy atom. The summed E-state index contributed by atoms with van der Waals surface area (Å²) >= 11 is 7.80. The Balaban J connectivity index is 2.38. The van der Waals surface area contributed by atoms with Crippen molar-refractivity contribution in [3.8, 4) is 0 Å². The van der Waals surface area contributed by atoms with E-state index in [0.717, 1.165) is 23.7 Å². The Morgan fingerprint density at radius 3 is 3.06 bits per heavy atom. The number of rotatable bonds is 5. The standard InChI is InChI=1S/C13H18ClN3S/c1-4-15-8-10(9(2)3)7-11-12(14)16-13-17(11)5-6-18-13/h5-7,9,15H,4,8H2,1-3H3. The van der Waals surface area contributed by atoms with Crippen LogP contribution in [0.5, 0.6) is 0 Å². The predicted molar refractivity (Wildman–Crippen MR) is 79.4 cm³/mol. The zero-order chi connectivity index (χ0) is 13.1. The summed E-state index contributed by atoms with van der Waals surface area (Å²) in [4.78, 5) is 5.29. The van der Waals surface area contributed by atoms with Gasteiger partial charge >= 0.3 is 0 Å². The third kappa shape index (κ3) is 2.76. The molecule has 0 atom stereocenters. The topological polar surface area (TPSA) is 29.3 Å². The lowest BCUT2D eigenvalue weighted by molar-refractivity contribution is 0.682. The molecule has 2 aromatic rings. The van der Waals surface area contributed by atoms with Crippen molar-refractivity contribution in [2.75, 3.05) is 13.1 Å². The monoisotopic (exact) mass is 283 g/mol. The summed E-state index contributed by atoms with van der Waals surface area (Å²) in [6.07, 6.45) is 4.16. The number of hydrogen-bond donors (Lipinski definition) is 1. The first kappa shape index (κ1) is 13.6. The number of likely N-dealkylation sites (N-methyl/N-ethyl adjacent to an activating group) is 1. The molecule has 1 N–H and O–H groups in total. The van der Waals surface area contributed by atoms with Gasteiger partial charge in [0.1, 0.15) is 0 Å². The molecule has 0 spiro atoms. The second-order valence-electron chi connectivity index (χ2n) is 4.50. The molecule has 5 heteroatoms. The van der Waals surface area contributed by atoms with Gasteiger partial charge in [0.25, 0.3) is 0 Å². The van der Waals surface area contributed by atoms with Crippen LogP contribution in [0.3, 0.4) is 0 Å². The van der Waals surface area contributed by atoms with E-state index in [4.69, 9.17) is 11.6 Å². The van der Waals surface area contributed by atoms with Gasteiger partial charge in [-0.1, -0.05) is 37.9 Å². The van der Waals surface area contributed by atoms with Gasteiger partial charge in [-0.2, -0.15) is 0 Å². The molecule has 0 bridgehead atoms. The smallest absolute Gasteiger partial charge is 0.195 e. The highest BCUT2D eigenvalue weighted by atomic mass is 35.5. The lowest BCUT2D eigenvalue weighted by Crippen LogP contribution is -2.18. The minimum absolute atomic E-state index is 0.490. The van der Waals surface area contributed by atoms with Crippen LogP contribution >= 0.6 is 22.9 Å². The maximum atomic E-state index is 6.20. The van der Waals surface area contributed by atoms with Crippen molar-refractivity contribution in [1.82, 2.24) is 14.7 Å². The fraction of sp³-hybridized carbons (Fsp3) is 0.462. The lowest BCUT2D eigenvalue weighted by atomic mass is 10.0. The van der Waals surface area contributed by atoms with Crippen molar-refractivity contribution in [2.45, 2.75) is 20.8 Å². The van der Waals surface area contributed by atoms with Crippen LogP contribution in [0.25, 0.3) is 11.0 Å². The average Bonchev–Trinajstić information content (AvgIpc) is 2.86. The van der Waals surface area contributed by atoms with Crippen molar-refractivity contribution in [1.29, 1.82) is 0 Å². The fourth-order valence-electron chi connectivity index (χ4n) is 1.77. The summed E-state index contributed by atoms with van der Waals surface area (Å²) in [5.74, 6) is 0.490. The van der Waals surface area contributed by atoms with E-state index in [2.05, 4.69) is 37.1 Å². The van der Waals surface area contributed by atoms with Gasteiger partial charge in [0.05, 0.1) is 5.69 Å². The van der Waals surface area contributed by atoms with Gasteiger partial charge in [-0.05, 0) is 18.5 Å². The first-order chi connectivity index (χ1) is 8.63. The number of halogens is 1. The summed E-state index contributed by atoms with van der Waals surface area (Å²) in [5, 5.41) is 5.97. The number of hydrogen-bond acceptors (Lipinski definition) is 3. The van der Waals surface area contributed by atoms with E-state index < -0.39 is 0 Å². The van der Waals surface area contributed by atoms with Gasteiger partial charge in [-0.3, -0.25) is 4.40 Å². The van der Waals surface area contributed by atoms with Crippen LogP contribution in [0.15, 0.2) is 17.2 Å². The van der Waals surface area contributed by atoms with Crippen LogP contribution in [0.4, 0.5) is 0 Å². The van der Waals surface area contributed by atoms with Gasteiger partial charge in [0, 0.05) is 18.1 Å².